The zero-order chi connectivity index (χ0) is 14.0. The molecule has 0 saturated heterocycles. The first kappa shape index (κ1) is 16.9. The van der Waals surface area contributed by atoms with Crippen molar-refractivity contribution in [2.24, 2.45) is 0 Å². The third kappa shape index (κ3) is 11.4. The first-order valence-corrected chi connectivity index (χ1v) is 6.27. The molecule has 0 aromatic rings. The van der Waals surface area contributed by atoms with Crippen LogP contribution in [0.15, 0.2) is 46.6 Å². The fraction of sp³-hybridized carbons (Fsp3) is 0.500. The van der Waals surface area contributed by atoms with Gasteiger partial charge in [-0.25, -0.2) is 9.78 Å². The fourth-order valence-corrected chi connectivity index (χ4v) is 0.983. The van der Waals surface area contributed by atoms with Crippen molar-refractivity contribution in [1.82, 2.24) is 0 Å². The maximum absolute atomic E-state index is 5.15. The van der Waals surface area contributed by atoms with Crippen molar-refractivity contribution in [3.05, 3.63) is 46.6 Å². The molecule has 0 heterocycles. The summed E-state index contributed by atoms with van der Waals surface area (Å²) in [6.07, 6.45) is 8.23. The molecular weight excluding hydrogens is 224 g/mol. The number of hydrogen-bond acceptors (Lipinski definition) is 2. The second kappa shape index (κ2) is 9.86. The highest BCUT2D eigenvalue weighted by Gasteiger charge is 1.93. The monoisotopic (exact) mass is 250 g/mol. The Labute approximate surface area is 112 Å². The average molecular weight is 250 g/mol. The van der Waals surface area contributed by atoms with Crippen LogP contribution in [0.3, 0.4) is 0 Å². The lowest BCUT2D eigenvalue weighted by Gasteiger charge is -2.04. The zero-order valence-corrected chi connectivity index (χ0v) is 12.5. The molecule has 0 aromatic carbocycles. The molecule has 102 valence electrons. The summed E-state index contributed by atoms with van der Waals surface area (Å²) < 4.78 is 0. The first-order valence-electron chi connectivity index (χ1n) is 6.27. The van der Waals surface area contributed by atoms with Crippen LogP contribution in [0.1, 0.15) is 41.5 Å². The summed E-state index contributed by atoms with van der Waals surface area (Å²) in [7, 11) is 0. The highest BCUT2D eigenvalue weighted by atomic mass is 17.2. The van der Waals surface area contributed by atoms with E-state index in [0.29, 0.717) is 13.2 Å². The highest BCUT2D eigenvalue weighted by Crippen LogP contribution is 2.01. The van der Waals surface area contributed by atoms with E-state index in [1.54, 1.807) is 0 Å². The van der Waals surface area contributed by atoms with Crippen molar-refractivity contribution < 1.29 is 9.78 Å². The van der Waals surface area contributed by atoms with Gasteiger partial charge in [-0.05, 0) is 52.7 Å². The van der Waals surface area contributed by atoms with Gasteiger partial charge < -0.3 is 0 Å². The van der Waals surface area contributed by atoms with Crippen molar-refractivity contribution in [3.8, 4) is 0 Å². The van der Waals surface area contributed by atoms with Gasteiger partial charge in [0.05, 0.1) is 0 Å². The summed E-state index contributed by atoms with van der Waals surface area (Å²) in [6.45, 7) is 13.3. The molecule has 2 nitrogen and oxygen atoms in total. The molecule has 0 rings (SSSR count). The molecule has 18 heavy (non-hydrogen) atoms. The average Bonchev–Trinajstić information content (AvgIpc) is 2.29. The third-order valence-electron chi connectivity index (χ3n) is 2.06. The van der Waals surface area contributed by atoms with Crippen molar-refractivity contribution in [2.75, 3.05) is 13.2 Å². The van der Waals surface area contributed by atoms with Gasteiger partial charge in [0.15, 0.2) is 0 Å². The van der Waals surface area contributed by atoms with Crippen molar-refractivity contribution in [1.29, 1.82) is 0 Å². The van der Waals surface area contributed by atoms with Crippen LogP contribution in [0.2, 0.25) is 0 Å². The van der Waals surface area contributed by atoms with Gasteiger partial charge in [0.1, 0.15) is 13.2 Å². The Hall–Kier alpha value is -1.12. The highest BCUT2D eigenvalue weighted by molar-refractivity contribution is 5.15. The predicted octanol–water partition coefficient (Wildman–Crippen LogP) is 4.76. The van der Waals surface area contributed by atoms with Crippen LogP contribution >= 0.6 is 0 Å². The van der Waals surface area contributed by atoms with E-state index in [1.807, 2.05) is 26.0 Å². The smallest absolute Gasteiger partial charge is 0.103 e. The molecule has 0 aliphatic carbocycles. The van der Waals surface area contributed by atoms with E-state index < -0.39 is 0 Å². The minimum Gasteiger partial charge on any atom is -0.232 e. The van der Waals surface area contributed by atoms with E-state index in [0.717, 1.165) is 11.1 Å². The van der Waals surface area contributed by atoms with E-state index in [2.05, 4.69) is 39.8 Å². The molecule has 0 saturated carbocycles. The SMILES string of the molecule is CC(C)=CC=C(C)COOCC(C)=CC=C(C)C. The van der Waals surface area contributed by atoms with Crippen LogP contribution in [-0.4, -0.2) is 13.2 Å². The normalized spacial score (nSPS) is 12.3. The summed E-state index contributed by atoms with van der Waals surface area (Å²) >= 11 is 0. The van der Waals surface area contributed by atoms with E-state index in [-0.39, 0.29) is 0 Å². The molecule has 0 fully saturated rings. The van der Waals surface area contributed by atoms with Gasteiger partial charge >= 0.3 is 0 Å². The Balaban J connectivity index is 3.87. The second-order valence-electron chi connectivity index (χ2n) is 5.04. The Morgan fingerprint density at radius 3 is 1.22 bits per heavy atom. The molecule has 0 amide bonds. The lowest BCUT2D eigenvalue weighted by atomic mass is 10.2. The number of hydrogen-bond donors (Lipinski definition) is 0. The van der Waals surface area contributed by atoms with Gasteiger partial charge in [-0.1, -0.05) is 35.5 Å². The minimum absolute atomic E-state index is 0.500. The van der Waals surface area contributed by atoms with Crippen LogP contribution in [0.5, 0.6) is 0 Å². The van der Waals surface area contributed by atoms with Crippen molar-refractivity contribution in [3.63, 3.8) is 0 Å². The van der Waals surface area contributed by atoms with E-state index >= 15 is 0 Å². The van der Waals surface area contributed by atoms with E-state index in [4.69, 9.17) is 9.78 Å². The molecule has 0 aromatic heterocycles. The van der Waals surface area contributed by atoms with Gasteiger partial charge in [0.25, 0.3) is 0 Å². The summed E-state index contributed by atoms with van der Waals surface area (Å²) in [4.78, 5) is 10.3. The zero-order valence-electron chi connectivity index (χ0n) is 12.5. The maximum atomic E-state index is 5.15. The molecule has 0 unspecified atom stereocenters. The first-order chi connectivity index (χ1) is 8.41. The predicted molar refractivity (Wildman–Crippen MR) is 78.3 cm³/mol. The molecule has 0 spiro atoms. The van der Waals surface area contributed by atoms with Crippen LogP contribution in [0.4, 0.5) is 0 Å². The molecule has 0 bridgehead atoms. The second-order valence-corrected chi connectivity index (χ2v) is 5.04. The van der Waals surface area contributed by atoms with Crippen molar-refractivity contribution in [2.45, 2.75) is 41.5 Å². The minimum atomic E-state index is 0.500. The van der Waals surface area contributed by atoms with Gasteiger partial charge in [-0.2, -0.15) is 0 Å². The molecule has 0 atom stereocenters. The Morgan fingerprint density at radius 2 is 0.944 bits per heavy atom. The molecule has 0 N–H and O–H groups in total. The number of rotatable bonds is 7. The largest absolute Gasteiger partial charge is 0.232 e. The van der Waals surface area contributed by atoms with E-state index in [1.165, 1.54) is 11.1 Å². The summed E-state index contributed by atoms with van der Waals surface area (Å²) in [5, 5.41) is 0. The number of allylic oxidation sites excluding steroid dienone is 6. The van der Waals surface area contributed by atoms with Gasteiger partial charge in [0, 0.05) is 0 Å². The summed E-state index contributed by atoms with van der Waals surface area (Å²) in [5.41, 5.74) is 4.83. The quantitative estimate of drug-likeness (QED) is 0.281. The topological polar surface area (TPSA) is 18.5 Å². The van der Waals surface area contributed by atoms with Crippen molar-refractivity contribution >= 4 is 0 Å². The Kier molecular flexibility index (Phi) is 9.25. The Morgan fingerprint density at radius 1 is 0.611 bits per heavy atom. The fourth-order valence-electron chi connectivity index (χ4n) is 0.983. The molecular formula is C16H26O2. The molecule has 2 heteroatoms. The van der Waals surface area contributed by atoms with Crippen LogP contribution in [0.25, 0.3) is 0 Å². The van der Waals surface area contributed by atoms with E-state index in [9.17, 15) is 0 Å². The summed E-state index contributed by atoms with van der Waals surface area (Å²) in [6, 6.07) is 0. The molecule has 0 aliphatic rings. The third-order valence-corrected chi connectivity index (χ3v) is 2.06. The van der Waals surface area contributed by atoms with Gasteiger partial charge in [-0.15, -0.1) is 0 Å². The van der Waals surface area contributed by atoms with Crippen LogP contribution in [0, 0.1) is 0 Å². The lowest BCUT2D eigenvalue weighted by Crippen LogP contribution is -2.00. The van der Waals surface area contributed by atoms with Crippen LogP contribution < -0.4 is 0 Å². The molecule has 0 aliphatic heterocycles. The van der Waals surface area contributed by atoms with Gasteiger partial charge in [-0.3, -0.25) is 0 Å². The van der Waals surface area contributed by atoms with Crippen LogP contribution in [-0.2, 0) is 9.78 Å². The molecule has 0 radical (unpaired) electrons. The maximum Gasteiger partial charge on any atom is 0.103 e. The summed E-state index contributed by atoms with van der Waals surface area (Å²) in [5.74, 6) is 0. The Bertz CT molecular complexity index is 313. The van der Waals surface area contributed by atoms with Gasteiger partial charge in [0.2, 0.25) is 0 Å². The standard InChI is InChI=1S/C16H26O2/c1-13(2)7-9-15(5)11-17-18-12-16(6)10-8-14(3)4/h7-10H,11-12H2,1-6H3. The lowest BCUT2D eigenvalue weighted by molar-refractivity contribution is -0.281.